The van der Waals surface area contributed by atoms with Crippen LogP contribution in [0.25, 0.3) is 0 Å². The molecular weight excluding hydrogens is 178 g/mol. The summed E-state index contributed by atoms with van der Waals surface area (Å²) in [5.41, 5.74) is 0.0819. The highest BCUT2D eigenvalue weighted by atomic mass is 16.5. The van der Waals surface area contributed by atoms with Gasteiger partial charge in [0.2, 0.25) is 0 Å². The zero-order valence-electron chi connectivity index (χ0n) is 9.27. The first kappa shape index (κ1) is 10.4. The van der Waals surface area contributed by atoms with E-state index in [4.69, 9.17) is 9.47 Å². The molecule has 2 aliphatic heterocycles. The largest absolute Gasteiger partial charge is 0.375 e. The Hall–Kier alpha value is -0.120. The lowest BCUT2D eigenvalue weighted by molar-refractivity contribution is -0.184. The predicted octanol–water partition coefficient (Wildman–Crippen LogP) is 1.32. The molecule has 0 saturated carbocycles. The second-order valence-electron chi connectivity index (χ2n) is 4.79. The molecular formula is C11H21NO2. The lowest BCUT2D eigenvalue weighted by Crippen LogP contribution is -2.57. The molecule has 2 rings (SSSR count). The number of morpholine rings is 1. The van der Waals surface area contributed by atoms with Gasteiger partial charge in [-0.2, -0.15) is 0 Å². The van der Waals surface area contributed by atoms with Crippen LogP contribution in [0.1, 0.15) is 33.1 Å². The van der Waals surface area contributed by atoms with Gasteiger partial charge in [0.25, 0.3) is 0 Å². The van der Waals surface area contributed by atoms with Crippen molar-refractivity contribution in [3.05, 3.63) is 0 Å². The van der Waals surface area contributed by atoms with Gasteiger partial charge in [0.15, 0.2) is 0 Å². The van der Waals surface area contributed by atoms with E-state index in [0.717, 1.165) is 45.6 Å². The molecule has 2 atom stereocenters. The van der Waals surface area contributed by atoms with Gasteiger partial charge in [-0.25, -0.2) is 0 Å². The Bertz CT molecular complexity index is 196. The minimum atomic E-state index is 0.0251. The molecule has 14 heavy (non-hydrogen) atoms. The summed E-state index contributed by atoms with van der Waals surface area (Å²) in [6.45, 7) is 8.06. The van der Waals surface area contributed by atoms with E-state index in [1.807, 2.05) is 0 Å². The van der Waals surface area contributed by atoms with E-state index >= 15 is 0 Å². The van der Waals surface area contributed by atoms with Crippen molar-refractivity contribution in [2.45, 2.75) is 44.3 Å². The van der Waals surface area contributed by atoms with Crippen LogP contribution in [0.4, 0.5) is 0 Å². The maximum atomic E-state index is 5.96. The molecule has 2 heterocycles. The van der Waals surface area contributed by atoms with Crippen molar-refractivity contribution in [3.63, 3.8) is 0 Å². The Morgan fingerprint density at radius 3 is 2.79 bits per heavy atom. The van der Waals surface area contributed by atoms with E-state index < -0.39 is 0 Å². The predicted molar refractivity (Wildman–Crippen MR) is 55.4 cm³/mol. The zero-order valence-corrected chi connectivity index (χ0v) is 9.27. The smallest absolute Gasteiger partial charge is 0.0856 e. The number of nitrogens with one attached hydrogen (secondary N) is 1. The van der Waals surface area contributed by atoms with Crippen molar-refractivity contribution in [2.75, 3.05) is 26.3 Å². The molecule has 82 valence electrons. The highest BCUT2D eigenvalue weighted by Gasteiger charge is 2.44. The fourth-order valence-electron chi connectivity index (χ4n) is 2.51. The molecule has 0 aromatic carbocycles. The van der Waals surface area contributed by atoms with Gasteiger partial charge in [-0.05, 0) is 13.3 Å². The molecule has 2 fully saturated rings. The third kappa shape index (κ3) is 1.95. The van der Waals surface area contributed by atoms with Crippen LogP contribution in [0.2, 0.25) is 0 Å². The van der Waals surface area contributed by atoms with Crippen molar-refractivity contribution >= 4 is 0 Å². The van der Waals surface area contributed by atoms with Crippen LogP contribution in [0.15, 0.2) is 0 Å². The van der Waals surface area contributed by atoms with Crippen LogP contribution >= 0.6 is 0 Å². The summed E-state index contributed by atoms with van der Waals surface area (Å²) in [6, 6.07) is 0. The minimum Gasteiger partial charge on any atom is -0.375 e. The number of hydrogen-bond acceptors (Lipinski definition) is 3. The Balaban J connectivity index is 2.04. The summed E-state index contributed by atoms with van der Waals surface area (Å²) in [5, 5.41) is 3.43. The van der Waals surface area contributed by atoms with Crippen LogP contribution < -0.4 is 5.32 Å². The molecule has 2 aliphatic rings. The third-order valence-electron chi connectivity index (χ3n) is 3.59. The van der Waals surface area contributed by atoms with Gasteiger partial charge in [0.05, 0.1) is 24.4 Å². The fraction of sp³-hybridized carbons (Fsp3) is 1.00. The minimum absolute atomic E-state index is 0.0251. The van der Waals surface area contributed by atoms with Crippen molar-refractivity contribution in [3.8, 4) is 0 Å². The van der Waals surface area contributed by atoms with Crippen molar-refractivity contribution in [1.29, 1.82) is 0 Å². The highest BCUT2D eigenvalue weighted by Crippen LogP contribution is 2.37. The summed E-state index contributed by atoms with van der Waals surface area (Å²) >= 11 is 0. The average Bonchev–Trinajstić information content (AvgIpc) is 2.19. The van der Waals surface area contributed by atoms with Crippen LogP contribution in [-0.2, 0) is 9.47 Å². The van der Waals surface area contributed by atoms with Gasteiger partial charge in [-0.15, -0.1) is 0 Å². The number of rotatable bonds is 1. The molecule has 3 nitrogen and oxygen atoms in total. The normalized spacial score (nSPS) is 44.1. The van der Waals surface area contributed by atoms with Crippen molar-refractivity contribution in [2.24, 2.45) is 0 Å². The monoisotopic (exact) mass is 199 g/mol. The number of hydrogen-bond donors (Lipinski definition) is 1. The van der Waals surface area contributed by atoms with Crippen LogP contribution in [0, 0.1) is 0 Å². The molecule has 1 spiro atoms. The quantitative estimate of drug-likeness (QED) is 0.691. The molecule has 2 unspecified atom stereocenters. The fourth-order valence-corrected chi connectivity index (χ4v) is 2.51. The Labute approximate surface area is 86.2 Å². The van der Waals surface area contributed by atoms with E-state index in [0.29, 0.717) is 0 Å². The highest BCUT2D eigenvalue weighted by molar-refractivity contribution is 4.96. The lowest BCUT2D eigenvalue weighted by atomic mass is 9.81. The van der Waals surface area contributed by atoms with Gasteiger partial charge in [-0.1, -0.05) is 6.92 Å². The molecule has 0 aromatic rings. The molecule has 2 saturated heterocycles. The standard InChI is InChI=1S/C11H21NO2/c1-3-10(2)8-11(4-6-13-10)9-12-5-7-14-11/h12H,3-9H2,1-2H3. The van der Waals surface area contributed by atoms with Gasteiger partial charge < -0.3 is 14.8 Å². The summed E-state index contributed by atoms with van der Waals surface area (Å²) in [7, 11) is 0. The van der Waals surface area contributed by atoms with Gasteiger partial charge in [-0.3, -0.25) is 0 Å². The molecule has 0 aromatic heterocycles. The molecule has 0 aliphatic carbocycles. The van der Waals surface area contributed by atoms with Gasteiger partial charge in [0, 0.05) is 25.9 Å². The first-order valence-electron chi connectivity index (χ1n) is 5.67. The second-order valence-corrected chi connectivity index (χ2v) is 4.79. The second kappa shape index (κ2) is 3.80. The lowest BCUT2D eigenvalue weighted by Gasteiger charge is -2.47. The molecule has 0 radical (unpaired) electrons. The van der Waals surface area contributed by atoms with E-state index in [-0.39, 0.29) is 11.2 Å². The van der Waals surface area contributed by atoms with E-state index in [1.165, 1.54) is 0 Å². The summed E-state index contributed by atoms with van der Waals surface area (Å²) in [6.07, 6.45) is 3.14. The van der Waals surface area contributed by atoms with Crippen LogP contribution in [0.3, 0.4) is 0 Å². The van der Waals surface area contributed by atoms with E-state index in [2.05, 4.69) is 19.2 Å². The Kier molecular flexibility index (Phi) is 2.82. The first-order chi connectivity index (χ1) is 6.68. The third-order valence-corrected chi connectivity index (χ3v) is 3.59. The van der Waals surface area contributed by atoms with Crippen LogP contribution in [0.5, 0.6) is 0 Å². The number of ether oxygens (including phenoxy) is 2. The Morgan fingerprint density at radius 1 is 1.29 bits per heavy atom. The van der Waals surface area contributed by atoms with Crippen molar-refractivity contribution in [1.82, 2.24) is 5.32 Å². The molecule has 0 amide bonds. The van der Waals surface area contributed by atoms with Crippen molar-refractivity contribution < 1.29 is 9.47 Å². The zero-order chi connectivity index (χ0) is 10.1. The Morgan fingerprint density at radius 2 is 2.14 bits per heavy atom. The SMILES string of the molecule is CCC1(C)CC2(CCO1)CNCCO2. The molecule has 1 N–H and O–H groups in total. The molecule has 0 bridgehead atoms. The summed E-state index contributed by atoms with van der Waals surface area (Å²) in [4.78, 5) is 0. The van der Waals surface area contributed by atoms with Gasteiger partial charge >= 0.3 is 0 Å². The average molecular weight is 199 g/mol. The molecule has 3 heteroatoms. The maximum absolute atomic E-state index is 5.96. The van der Waals surface area contributed by atoms with Gasteiger partial charge in [0.1, 0.15) is 0 Å². The first-order valence-corrected chi connectivity index (χ1v) is 5.67. The topological polar surface area (TPSA) is 30.5 Å². The van der Waals surface area contributed by atoms with E-state index in [1.54, 1.807) is 0 Å². The summed E-state index contributed by atoms with van der Waals surface area (Å²) < 4.78 is 11.8. The van der Waals surface area contributed by atoms with E-state index in [9.17, 15) is 0 Å². The summed E-state index contributed by atoms with van der Waals surface area (Å²) in [5.74, 6) is 0. The maximum Gasteiger partial charge on any atom is 0.0856 e. The van der Waals surface area contributed by atoms with Crippen LogP contribution in [-0.4, -0.2) is 37.5 Å².